The lowest BCUT2D eigenvalue weighted by Crippen LogP contribution is -2.27. The highest BCUT2D eigenvalue weighted by Crippen LogP contribution is 2.28. The van der Waals surface area contributed by atoms with Gasteiger partial charge in [0.15, 0.2) is 11.5 Å². The fourth-order valence-corrected chi connectivity index (χ4v) is 3.19. The number of methoxy groups -OCH3 is 1. The summed E-state index contributed by atoms with van der Waals surface area (Å²) in [6, 6.07) is 13.5. The van der Waals surface area contributed by atoms with Gasteiger partial charge in [-0.3, -0.25) is 0 Å². The van der Waals surface area contributed by atoms with Crippen molar-refractivity contribution in [1.82, 2.24) is 4.90 Å². The Hall–Kier alpha value is -2.20. The highest BCUT2D eigenvalue weighted by molar-refractivity contribution is 5.43. The number of rotatable bonds is 12. The zero-order chi connectivity index (χ0) is 19.5. The Balaban J connectivity index is 1.94. The molecule has 4 nitrogen and oxygen atoms in total. The second kappa shape index (κ2) is 11.5. The van der Waals surface area contributed by atoms with Gasteiger partial charge in [-0.1, -0.05) is 32.0 Å². The lowest BCUT2D eigenvalue weighted by molar-refractivity contribution is 0.277. The van der Waals surface area contributed by atoms with Crippen LogP contribution in [0.1, 0.15) is 37.8 Å². The van der Waals surface area contributed by atoms with Crippen LogP contribution in [0.3, 0.4) is 0 Å². The molecule has 2 aromatic carbocycles. The number of phenolic OH excluding ortho intramolecular Hbond substituents is 1. The molecule has 0 bridgehead atoms. The molecular weight excluding hydrogens is 338 g/mol. The maximum atomic E-state index is 9.36. The van der Waals surface area contributed by atoms with Gasteiger partial charge in [0.05, 0.1) is 13.7 Å². The van der Waals surface area contributed by atoms with Gasteiger partial charge in [-0.2, -0.15) is 0 Å². The molecule has 4 heteroatoms. The van der Waals surface area contributed by atoms with E-state index in [0.29, 0.717) is 6.61 Å². The SMILES string of the molecule is CCCN(CCC)CCc1ccc(OC)c(OCCc2ccc(O)cc2)c1. The number of ether oxygens (including phenoxy) is 2. The molecule has 2 aromatic rings. The van der Waals surface area contributed by atoms with E-state index in [1.165, 1.54) is 18.4 Å². The van der Waals surface area contributed by atoms with Crippen LogP contribution in [0.15, 0.2) is 42.5 Å². The number of hydrogen-bond donors (Lipinski definition) is 1. The molecule has 1 N–H and O–H groups in total. The van der Waals surface area contributed by atoms with Gasteiger partial charge in [0.25, 0.3) is 0 Å². The predicted octanol–water partition coefficient (Wildman–Crippen LogP) is 4.69. The standard InChI is InChI=1S/C23H33NO3/c1-4-14-24(15-5-2)16-12-20-8-11-22(26-3)23(18-20)27-17-13-19-6-9-21(25)10-7-19/h6-11,18,25H,4-5,12-17H2,1-3H3. The molecule has 0 atom stereocenters. The van der Waals surface area contributed by atoms with E-state index in [1.807, 2.05) is 18.2 Å². The van der Waals surface area contributed by atoms with Crippen LogP contribution in [0.2, 0.25) is 0 Å². The summed E-state index contributed by atoms with van der Waals surface area (Å²) in [4.78, 5) is 2.52. The summed E-state index contributed by atoms with van der Waals surface area (Å²) in [7, 11) is 1.67. The normalized spacial score (nSPS) is 11.0. The topological polar surface area (TPSA) is 41.9 Å². The van der Waals surface area contributed by atoms with Gasteiger partial charge in [-0.05, 0) is 67.7 Å². The molecule has 0 aromatic heterocycles. The largest absolute Gasteiger partial charge is 0.508 e. The van der Waals surface area contributed by atoms with Crippen LogP contribution in [0.5, 0.6) is 17.2 Å². The highest BCUT2D eigenvalue weighted by Gasteiger charge is 2.08. The summed E-state index contributed by atoms with van der Waals surface area (Å²) >= 11 is 0. The van der Waals surface area contributed by atoms with Crippen LogP contribution in [-0.4, -0.2) is 43.4 Å². The first-order chi connectivity index (χ1) is 13.2. The molecule has 0 radical (unpaired) electrons. The molecule has 0 aliphatic rings. The molecule has 0 amide bonds. The number of benzene rings is 2. The van der Waals surface area contributed by atoms with Crippen LogP contribution < -0.4 is 9.47 Å². The summed E-state index contributed by atoms with van der Waals surface area (Å²) < 4.78 is 11.5. The van der Waals surface area contributed by atoms with Gasteiger partial charge in [0, 0.05) is 13.0 Å². The molecule has 148 valence electrons. The van der Waals surface area contributed by atoms with E-state index in [-0.39, 0.29) is 5.75 Å². The van der Waals surface area contributed by atoms with Gasteiger partial charge < -0.3 is 19.5 Å². The van der Waals surface area contributed by atoms with Crippen LogP contribution in [0.25, 0.3) is 0 Å². The van der Waals surface area contributed by atoms with E-state index in [0.717, 1.165) is 49.5 Å². The zero-order valence-electron chi connectivity index (χ0n) is 16.9. The van der Waals surface area contributed by atoms with Crippen molar-refractivity contribution < 1.29 is 14.6 Å². The smallest absolute Gasteiger partial charge is 0.161 e. The van der Waals surface area contributed by atoms with Crippen molar-refractivity contribution in [2.75, 3.05) is 33.4 Å². The first-order valence-corrected chi connectivity index (χ1v) is 9.96. The fourth-order valence-electron chi connectivity index (χ4n) is 3.19. The summed E-state index contributed by atoms with van der Waals surface area (Å²) in [5.41, 5.74) is 2.41. The molecular formula is C23H33NO3. The second-order valence-corrected chi connectivity index (χ2v) is 6.84. The Labute approximate surface area is 163 Å². The van der Waals surface area contributed by atoms with Crippen molar-refractivity contribution in [3.05, 3.63) is 53.6 Å². The maximum absolute atomic E-state index is 9.36. The first-order valence-electron chi connectivity index (χ1n) is 9.96. The minimum Gasteiger partial charge on any atom is -0.508 e. The predicted molar refractivity (Wildman–Crippen MR) is 111 cm³/mol. The summed E-state index contributed by atoms with van der Waals surface area (Å²) in [6.07, 6.45) is 4.18. The Bertz CT molecular complexity index is 664. The third-order valence-electron chi connectivity index (χ3n) is 4.61. The molecule has 0 heterocycles. The molecule has 27 heavy (non-hydrogen) atoms. The molecule has 0 unspecified atom stereocenters. The van der Waals surface area contributed by atoms with Crippen molar-refractivity contribution in [1.29, 1.82) is 0 Å². The van der Waals surface area contributed by atoms with Crippen molar-refractivity contribution in [2.45, 2.75) is 39.5 Å². The van der Waals surface area contributed by atoms with Crippen LogP contribution in [-0.2, 0) is 12.8 Å². The molecule has 0 aliphatic heterocycles. The summed E-state index contributed by atoms with van der Waals surface area (Å²) in [5.74, 6) is 1.85. The molecule has 2 rings (SSSR count). The molecule has 0 aliphatic carbocycles. The van der Waals surface area contributed by atoms with E-state index >= 15 is 0 Å². The van der Waals surface area contributed by atoms with Crippen LogP contribution in [0, 0.1) is 0 Å². The average Bonchev–Trinajstić information content (AvgIpc) is 2.68. The Kier molecular flexibility index (Phi) is 8.99. The number of nitrogens with zero attached hydrogens (tertiary/aromatic N) is 1. The first kappa shape index (κ1) is 21.1. The minimum atomic E-state index is 0.286. The monoisotopic (exact) mass is 371 g/mol. The van der Waals surface area contributed by atoms with Gasteiger partial charge in [0.2, 0.25) is 0 Å². The van der Waals surface area contributed by atoms with Crippen molar-refractivity contribution in [3.63, 3.8) is 0 Å². The molecule has 0 spiro atoms. The quantitative estimate of drug-likeness (QED) is 0.588. The lowest BCUT2D eigenvalue weighted by Gasteiger charge is -2.21. The fraction of sp³-hybridized carbons (Fsp3) is 0.478. The average molecular weight is 372 g/mol. The van der Waals surface area contributed by atoms with Crippen molar-refractivity contribution in [3.8, 4) is 17.2 Å². The molecule has 0 saturated heterocycles. The summed E-state index contributed by atoms with van der Waals surface area (Å²) in [6.45, 7) is 8.41. The van der Waals surface area contributed by atoms with E-state index in [4.69, 9.17) is 9.47 Å². The van der Waals surface area contributed by atoms with E-state index < -0.39 is 0 Å². The van der Waals surface area contributed by atoms with Gasteiger partial charge in [-0.15, -0.1) is 0 Å². The Morgan fingerprint density at radius 3 is 2.11 bits per heavy atom. The zero-order valence-corrected chi connectivity index (χ0v) is 16.9. The maximum Gasteiger partial charge on any atom is 0.161 e. The van der Waals surface area contributed by atoms with E-state index in [1.54, 1.807) is 19.2 Å². The number of phenols is 1. The van der Waals surface area contributed by atoms with E-state index in [2.05, 4.69) is 30.9 Å². The third-order valence-corrected chi connectivity index (χ3v) is 4.61. The van der Waals surface area contributed by atoms with Crippen molar-refractivity contribution >= 4 is 0 Å². The van der Waals surface area contributed by atoms with Gasteiger partial charge >= 0.3 is 0 Å². The molecule has 0 fully saturated rings. The van der Waals surface area contributed by atoms with Crippen molar-refractivity contribution in [2.24, 2.45) is 0 Å². The van der Waals surface area contributed by atoms with E-state index in [9.17, 15) is 5.11 Å². The van der Waals surface area contributed by atoms with Gasteiger partial charge in [0.1, 0.15) is 5.75 Å². The van der Waals surface area contributed by atoms with Crippen LogP contribution >= 0.6 is 0 Å². The van der Waals surface area contributed by atoms with Gasteiger partial charge in [-0.25, -0.2) is 0 Å². The number of aromatic hydroxyl groups is 1. The third kappa shape index (κ3) is 7.14. The number of hydrogen-bond acceptors (Lipinski definition) is 4. The Morgan fingerprint density at radius 1 is 0.815 bits per heavy atom. The highest BCUT2D eigenvalue weighted by atomic mass is 16.5. The summed E-state index contributed by atoms with van der Waals surface area (Å²) in [5, 5.41) is 9.36. The lowest BCUT2D eigenvalue weighted by atomic mass is 10.1. The minimum absolute atomic E-state index is 0.286. The Morgan fingerprint density at radius 2 is 1.48 bits per heavy atom. The second-order valence-electron chi connectivity index (χ2n) is 6.84. The van der Waals surface area contributed by atoms with Crippen LogP contribution in [0.4, 0.5) is 0 Å². The molecule has 0 saturated carbocycles.